The molecule has 0 aliphatic heterocycles. The molecule has 2 atom stereocenters. The van der Waals surface area contributed by atoms with Crippen LogP contribution in [0.15, 0.2) is 24.3 Å². The first kappa shape index (κ1) is 14.4. The molecule has 0 spiro atoms. The van der Waals surface area contributed by atoms with Crippen molar-refractivity contribution >= 4 is 0 Å². The van der Waals surface area contributed by atoms with E-state index in [9.17, 15) is 0 Å². The Hall–Kier alpha value is -1.02. The molecule has 2 rings (SSSR count). The van der Waals surface area contributed by atoms with Crippen LogP contribution in [0.2, 0.25) is 0 Å². The molecule has 1 fully saturated rings. The van der Waals surface area contributed by atoms with Crippen LogP contribution in [0.4, 0.5) is 0 Å². The van der Waals surface area contributed by atoms with Gasteiger partial charge in [0.15, 0.2) is 0 Å². The molecular formula is C17H27NO. The molecule has 1 aliphatic carbocycles. The number of hydrogen-bond acceptors (Lipinski definition) is 2. The first-order chi connectivity index (χ1) is 9.19. The SMILES string of the molecule is CCCNC1CCC(c2cccc(OC(C)C)c2)C1. The highest BCUT2D eigenvalue weighted by Gasteiger charge is 2.25. The molecule has 0 saturated heterocycles. The summed E-state index contributed by atoms with van der Waals surface area (Å²) in [5.74, 6) is 1.71. The third kappa shape index (κ3) is 4.24. The van der Waals surface area contributed by atoms with Crippen molar-refractivity contribution in [2.24, 2.45) is 0 Å². The zero-order valence-corrected chi connectivity index (χ0v) is 12.5. The Balaban J connectivity index is 1.95. The van der Waals surface area contributed by atoms with Crippen LogP contribution in [0, 0.1) is 0 Å². The lowest BCUT2D eigenvalue weighted by Crippen LogP contribution is -2.26. The van der Waals surface area contributed by atoms with E-state index in [-0.39, 0.29) is 6.10 Å². The highest BCUT2D eigenvalue weighted by Crippen LogP contribution is 2.35. The van der Waals surface area contributed by atoms with Crippen molar-refractivity contribution in [1.82, 2.24) is 5.32 Å². The average Bonchev–Trinajstić information content (AvgIpc) is 2.84. The van der Waals surface area contributed by atoms with Gasteiger partial charge in [0, 0.05) is 6.04 Å². The predicted octanol–water partition coefficient (Wildman–Crippen LogP) is 4.11. The van der Waals surface area contributed by atoms with Gasteiger partial charge in [-0.1, -0.05) is 19.1 Å². The Labute approximate surface area is 117 Å². The van der Waals surface area contributed by atoms with E-state index in [1.807, 2.05) is 0 Å². The second kappa shape index (κ2) is 6.95. The summed E-state index contributed by atoms with van der Waals surface area (Å²) in [6, 6.07) is 9.37. The maximum atomic E-state index is 5.79. The van der Waals surface area contributed by atoms with Gasteiger partial charge in [0.25, 0.3) is 0 Å². The van der Waals surface area contributed by atoms with Gasteiger partial charge in [0.05, 0.1) is 6.10 Å². The maximum absolute atomic E-state index is 5.79. The Morgan fingerprint density at radius 3 is 2.89 bits per heavy atom. The first-order valence-electron chi connectivity index (χ1n) is 7.69. The first-order valence-corrected chi connectivity index (χ1v) is 7.69. The largest absolute Gasteiger partial charge is 0.491 e. The minimum absolute atomic E-state index is 0.248. The summed E-state index contributed by atoms with van der Waals surface area (Å²) in [6.07, 6.45) is 5.34. The fourth-order valence-electron chi connectivity index (χ4n) is 2.93. The van der Waals surface area contributed by atoms with Crippen molar-refractivity contribution in [2.45, 2.75) is 64.5 Å². The highest BCUT2D eigenvalue weighted by atomic mass is 16.5. The van der Waals surface area contributed by atoms with Gasteiger partial charge < -0.3 is 10.1 Å². The molecule has 0 aromatic heterocycles. The fraction of sp³-hybridized carbons (Fsp3) is 0.647. The van der Waals surface area contributed by atoms with Gasteiger partial charge >= 0.3 is 0 Å². The Bertz CT molecular complexity index is 389. The summed E-state index contributed by atoms with van der Waals surface area (Å²) in [5, 5.41) is 3.65. The summed E-state index contributed by atoms with van der Waals surface area (Å²) < 4.78 is 5.79. The standard InChI is InChI=1S/C17H27NO/c1-4-10-18-16-9-8-15(11-16)14-6-5-7-17(12-14)19-13(2)3/h5-7,12-13,15-16,18H,4,8-11H2,1-3H3. The van der Waals surface area contributed by atoms with Crippen molar-refractivity contribution in [3.05, 3.63) is 29.8 Å². The smallest absolute Gasteiger partial charge is 0.119 e. The number of hydrogen-bond donors (Lipinski definition) is 1. The van der Waals surface area contributed by atoms with Gasteiger partial charge in [0.1, 0.15) is 5.75 Å². The zero-order chi connectivity index (χ0) is 13.7. The lowest BCUT2D eigenvalue weighted by atomic mass is 9.97. The van der Waals surface area contributed by atoms with E-state index in [4.69, 9.17) is 4.74 Å². The topological polar surface area (TPSA) is 21.3 Å². The molecule has 2 unspecified atom stereocenters. The van der Waals surface area contributed by atoms with E-state index < -0.39 is 0 Å². The van der Waals surface area contributed by atoms with Crippen LogP contribution in [0.3, 0.4) is 0 Å². The number of benzene rings is 1. The van der Waals surface area contributed by atoms with Crippen LogP contribution < -0.4 is 10.1 Å². The maximum Gasteiger partial charge on any atom is 0.119 e. The number of nitrogens with one attached hydrogen (secondary N) is 1. The number of ether oxygens (including phenoxy) is 1. The Morgan fingerprint density at radius 1 is 1.32 bits per heavy atom. The van der Waals surface area contributed by atoms with Gasteiger partial charge in [0.2, 0.25) is 0 Å². The second-order valence-electron chi connectivity index (χ2n) is 5.90. The van der Waals surface area contributed by atoms with Crippen LogP contribution >= 0.6 is 0 Å². The molecule has 1 aromatic carbocycles. The normalized spacial score (nSPS) is 22.9. The van der Waals surface area contributed by atoms with Crippen LogP contribution in [-0.4, -0.2) is 18.7 Å². The summed E-state index contributed by atoms with van der Waals surface area (Å²) in [6.45, 7) is 7.53. The summed E-state index contributed by atoms with van der Waals surface area (Å²) in [5.41, 5.74) is 1.44. The van der Waals surface area contributed by atoms with Crippen molar-refractivity contribution in [1.29, 1.82) is 0 Å². The van der Waals surface area contributed by atoms with Gasteiger partial charge in [-0.15, -0.1) is 0 Å². The van der Waals surface area contributed by atoms with Gasteiger partial charge in [-0.05, 0) is 69.7 Å². The third-order valence-electron chi connectivity index (χ3n) is 3.82. The molecule has 1 aromatic rings. The molecular weight excluding hydrogens is 234 g/mol. The molecule has 0 amide bonds. The third-order valence-corrected chi connectivity index (χ3v) is 3.82. The molecule has 106 valence electrons. The lowest BCUT2D eigenvalue weighted by Gasteiger charge is -2.15. The molecule has 1 N–H and O–H groups in total. The van der Waals surface area contributed by atoms with E-state index in [2.05, 4.69) is 50.4 Å². The van der Waals surface area contributed by atoms with Crippen LogP contribution in [0.5, 0.6) is 5.75 Å². The van der Waals surface area contributed by atoms with E-state index in [1.54, 1.807) is 0 Å². The average molecular weight is 261 g/mol. The van der Waals surface area contributed by atoms with Crippen molar-refractivity contribution in [3.8, 4) is 5.75 Å². The molecule has 2 heteroatoms. The predicted molar refractivity (Wildman–Crippen MR) is 80.9 cm³/mol. The van der Waals surface area contributed by atoms with Crippen LogP contribution in [0.25, 0.3) is 0 Å². The molecule has 0 radical (unpaired) electrons. The Morgan fingerprint density at radius 2 is 2.16 bits per heavy atom. The Kier molecular flexibility index (Phi) is 5.26. The van der Waals surface area contributed by atoms with Crippen LogP contribution in [0.1, 0.15) is 57.9 Å². The van der Waals surface area contributed by atoms with Gasteiger partial charge in [-0.2, -0.15) is 0 Å². The minimum Gasteiger partial charge on any atom is -0.491 e. The second-order valence-corrected chi connectivity index (χ2v) is 5.90. The van der Waals surface area contributed by atoms with Gasteiger partial charge in [-0.25, -0.2) is 0 Å². The van der Waals surface area contributed by atoms with Crippen molar-refractivity contribution in [3.63, 3.8) is 0 Å². The van der Waals surface area contributed by atoms with Crippen LogP contribution in [-0.2, 0) is 0 Å². The van der Waals surface area contributed by atoms with Crippen molar-refractivity contribution in [2.75, 3.05) is 6.54 Å². The van der Waals surface area contributed by atoms with Crippen molar-refractivity contribution < 1.29 is 4.74 Å². The number of rotatable bonds is 6. The minimum atomic E-state index is 0.248. The molecule has 19 heavy (non-hydrogen) atoms. The summed E-state index contributed by atoms with van der Waals surface area (Å²) in [7, 11) is 0. The van der Waals surface area contributed by atoms with E-state index >= 15 is 0 Å². The monoisotopic (exact) mass is 261 g/mol. The molecule has 2 nitrogen and oxygen atoms in total. The fourth-order valence-corrected chi connectivity index (χ4v) is 2.93. The van der Waals surface area contributed by atoms with E-state index in [0.717, 1.165) is 12.3 Å². The highest BCUT2D eigenvalue weighted by molar-refractivity contribution is 5.31. The summed E-state index contributed by atoms with van der Waals surface area (Å²) in [4.78, 5) is 0. The van der Waals surface area contributed by atoms with E-state index in [1.165, 1.54) is 31.2 Å². The molecule has 0 bridgehead atoms. The van der Waals surface area contributed by atoms with E-state index in [0.29, 0.717) is 12.0 Å². The zero-order valence-electron chi connectivity index (χ0n) is 12.5. The summed E-state index contributed by atoms with van der Waals surface area (Å²) >= 11 is 0. The molecule has 1 aliphatic rings. The lowest BCUT2D eigenvalue weighted by molar-refractivity contribution is 0.242. The quantitative estimate of drug-likeness (QED) is 0.832. The van der Waals surface area contributed by atoms with Gasteiger partial charge in [-0.3, -0.25) is 0 Å². The molecule has 1 saturated carbocycles. The molecule has 0 heterocycles.